The normalized spacial score (nSPS) is 14.3. The van der Waals surface area contributed by atoms with Crippen LogP contribution in [0.3, 0.4) is 0 Å². The minimum absolute atomic E-state index is 0.0994. The maximum atomic E-state index is 12.2. The molecule has 2 N–H and O–H groups in total. The first kappa shape index (κ1) is 19.7. The fourth-order valence-electron chi connectivity index (χ4n) is 2.84. The molecule has 0 fully saturated rings. The summed E-state index contributed by atoms with van der Waals surface area (Å²) in [5.74, 6) is 1.04. The summed E-state index contributed by atoms with van der Waals surface area (Å²) in [4.78, 5) is 12.3. The van der Waals surface area contributed by atoms with E-state index < -0.39 is 10.0 Å². The third kappa shape index (κ3) is 4.42. The van der Waals surface area contributed by atoms with E-state index in [1.807, 2.05) is 12.1 Å². The molecule has 1 amide bonds. The molecule has 8 nitrogen and oxygen atoms in total. The molecule has 9 heteroatoms. The van der Waals surface area contributed by atoms with Gasteiger partial charge in [0.15, 0.2) is 11.5 Å². The van der Waals surface area contributed by atoms with Crippen molar-refractivity contribution in [1.82, 2.24) is 5.32 Å². The van der Waals surface area contributed by atoms with Gasteiger partial charge in [-0.3, -0.25) is 4.79 Å². The molecule has 0 unspecified atom stereocenters. The number of fused-ring (bicyclic) bond motifs is 1. The first-order valence-corrected chi connectivity index (χ1v) is 10.0. The van der Waals surface area contributed by atoms with E-state index in [1.165, 1.54) is 6.07 Å². The molecule has 1 aliphatic rings. The Kier molecular flexibility index (Phi) is 5.84. The minimum Gasteiger partial charge on any atom is -0.493 e. The predicted octanol–water partition coefficient (Wildman–Crippen LogP) is 1.97. The van der Waals surface area contributed by atoms with Crippen LogP contribution in [0.5, 0.6) is 11.5 Å². The van der Waals surface area contributed by atoms with E-state index in [-0.39, 0.29) is 23.1 Å². The van der Waals surface area contributed by atoms with Gasteiger partial charge in [0.1, 0.15) is 10.7 Å². The Labute approximate surface area is 163 Å². The lowest BCUT2D eigenvalue weighted by Crippen LogP contribution is -2.31. The molecule has 1 heterocycles. The maximum Gasteiger partial charge on any atom is 0.286 e. The predicted molar refractivity (Wildman–Crippen MR) is 106 cm³/mol. The highest BCUT2D eigenvalue weighted by molar-refractivity contribution is 7.90. The van der Waals surface area contributed by atoms with Crippen LogP contribution in [-0.4, -0.2) is 40.9 Å². The van der Waals surface area contributed by atoms with Gasteiger partial charge in [-0.2, -0.15) is 8.42 Å². The zero-order valence-corrected chi connectivity index (χ0v) is 16.4. The fraction of sp³-hybridized carbons (Fsp3) is 0.263. The number of rotatable bonds is 7. The van der Waals surface area contributed by atoms with E-state index >= 15 is 0 Å². The number of para-hydroxylation sites is 1. The molecule has 0 atom stereocenters. The van der Waals surface area contributed by atoms with Gasteiger partial charge in [-0.25, -0.2) is 0 Å². The van der Waals surface area contributed by atoms with Gasteiger partial charge in [-0.05, 0) is 36.2 Å². The molecule has 2 aromatic carbocycles. The number of nitrogens with one attached hydrogen (secondary N) is 2. The van der Waals surface area contributed by atoms with Gasteiger partial charge < -0.3 is 20.1 Å². The van der Waals surface area contributed by atoms with E-state index in [0.717, 1.165) is 5.56 Å². The first-order chi connectivity index (χ1) is 13.4. The highest BCUT2D eigenvalue weighted by Crippen LogP contribution is 2.28. The number of sulfonamides is 1. The van der Waals surface area contributed by atoms with Crippen LogP contribution in [-0.2, 0) is 21.2 Å². The van der Waals surface area contributed by atoms with E-state index in [2.05, 4.69) is 15.0 Å². The average Bonchev–Trinajstić information content (AvgIpc) is 2.67. The topological polar surface area (TPSA) is 106 Å². The number of benzene rings is 2. The number of amides is 1. The van der Waals surface area contributed by atoms with Gasteiger partial charge in [0, 0.05) is 6.54 Å². The standard InChI is InChI=1S/C19H21N3O5S/c1-26-15-8-7-13(11-16(15)27-2)9-10-20-19(23)12-18-21-14-5-3-4-6-17(14)28(24,25)22-18/h3-8,11H,9-10,12H2,1-2H3,(H,20,23)(H,21,22). The molecule has 0 spiro atoms. The summed E-state index contributed by atoms with van der Waals surface area (Å²) >= 11 is 0. The van der Waals surface area contributed by atoms with Gasteiger partial charge in [0.05, 0.1) is 26.3 Å². The van der Waals surface area contributed by atoms with Crippen LogP contribution in [0.15, 0.2) is 51.8 Å². The molecule has 0 aromatic heterocycles. The Morgan fingerprint density at radius 3 is 2.61 bits per heavy atom. The lowest BCUT2D eigenvalue weighted by Gasteiger charge is -2.17. The third-order valence-electron chi connectivity index (χ3n) is 4.19. The van der Waals surface area contributed by atoms with Crippen molar-refractivity contribution in [2.24, 2.45) is 4.40 Å². The highest BCUT2D eigenvalue weighted by Gasteiger charge is 2.25. The lowest BCUT2D eigenvalue weighted by atomic mass is 10.1. The molecule has 1 aliphatic heterocycles. The van der Waals surface area contributed by atoms with E-state index in [9.17, 15) is 13.2 Å². The van der Waals surface area contributed by atoms with E-state index in [1.54, 1.807) is 38.5 Å². The molecular formula is C19H21N3O5S. The highest BCUT2D eigenvalue weighted by atomic mass is 32.2. The van der Waals surface area contributed by atoms with Gasteiger partial charge in [0.25, 0.3) is 10.0 Å². The zero-order chi connectivity index (χ0) is 20.1. The second-order valence-corrected chi connectivity index (χ2v) is 7.67. The molecule has 3 rings (SSSR count). The molecule has 28 heavy (non-hydrogen) atoms. The number of carbonyl (C=O) groups excluding carboxylic acids is 1. The largest absolute Gasteiger partial charge is 0.493 e. The minimum atomic E-state index is -3.79. The van der Waals surface area contributed by atoms with Crippen molar-refractivity contribution in [3.8, 4) is 11.5 Å². The van der Waals surface area contributed by atoms with Gasteiger partial charge in [0.2, 0.25) is 5.91 Å². The van der Waals surface area contributed by atoms with Gasteiger partial charge in [-0.1, -0.05) is 18.2 Å². The van der Waals surface area contributed by atoms with E-state index in [4.69, 9.17) is 9.47 Å². The second-order valence-electron chi connectivity index (χ2n) is 6.10. The van der Waals surface area contributed by atoms with Crippen molar-refractivity contribution in [3.05, 3.63) is 48.0 Å². The maximum absolute atomic E-state index is 12.2. The quantitative estimate of drug-likeness (QED) is 0.732. The summed E-state index contributed by atoms with van der Waals surface area (Å²) in [6.45, 7) is 0.394. The Morgan fingerprint density at radius 2 is 1.86 bits per heavy atom. The fourth-order valence-corrected chi connectivity index (χ4v) is 3.99. The number of anilines is 1. The number of amidine groups is 1. The summed E-state index contributed by atoms with van der Waals surface area (Å²) in [6.07, 6.45) is 0.437. The van der Waals surface area contributed by atoms with Crippen LogP contribution >= 0.6 is 0 Å². The van der Waals surface area contributed by atoms with E-state index in [0.29, 0.717) is 30.2 Å². The van der Waals surface area contributed by atoms with Crippen LogP contribution < -0.4 is 20.1 Å². The van der Waals surface area contributed by atoms with Crippen LogP contribution in [0.25, 0.3) is 0 Å². The number of hydrogen-bond acceptors (Lipinski definition) is 6. The molecule has 0 bridgehead atoms. The molecule has 0 radical (unpaired) electrons. The van der Waals surface area contributed by atoms with Gasteiger partial charge >= 0.3 is 0 Å². The van der Waals surface area contributed by atoms with Crippen molar-refractivity contribution in [2.75, 3.05) is 26.1 Å². The Bertz CT molecular complexity index is 1020. The SMILES string of the molecule is COc1ccc(CCNC(=O)CC2=NS(=O)(=O)c3ccccc3N2)cc1OC. The van der Waals surface area contributed by atoms with Crippen molar-refractivity contribution < 1.29 is 22.7 Å². The first-order valence-electron chi connectivity index (χ1n) is 8.60. The van der Waals surface area contributed by atoms with Crippen LogP contribution in [0.1, 0.15) is 12.0 Å². The number of hydrogen-bond donors (Lipinski definition) is 2. The van der Waals surface area contributed by atoms with Gasteiger partial charge in [-0.15, -0.1) is 4.40 Å². The average molecular weight is 403 g/mol. The van der Waals surface area contributed by atoms with Crippen molar-refractivity contribution in [3.63, 3.8) is 0 Å². The molecular weight excluding hydrogens is 382 g/mol. The smallest absolute Gasteiger partial charge is 0.286 e. The molecule has 148 valence electrons. The monoisotopic (exact) mass is 403 g/mol. The zero-order valence-electron chi connectivity index (χ0n) is 15.6. The molecule has 0 aliphatic carbocycles. The summed E-state index contributed by atoms with van der Waals surface area (Å²) in [7, 11) is -0.664. The van der Waals surface area contributed by atoms with Crippen molar-refractivity contribution in [2.45, 2.75) is 17.7 Å². The number of carbonyl (C=O) groups is 1. The Balaban J connectivity index is 1.56. The summed E-state index contributed by atoms with van der Waals surface area (Å²) in [6, 6.07) is 12.0. The van der Waals surface area contributed by atoms with Crippen LogP contribution in [0, 0.1) is 0 Å². The molecule has 0 saturated carbocycles. The summed E-state index contributed by atoms with van der Waals surface area (Å²) in [5.41, 5.74) is 1.40. The number of methoxy groups -OCH3 is 2. The van der Waals surface area contributed by atoms with Crippen molar-refractivity contribution >= 4 is 27.5 Å². The Hall–Kier alpha value is -3.07. The van der Waals surface area contributed by atoms with Crippen LogP contribution in [0.4, 0.5) is 5.69 Å². The summed E-state index contributed by atoms with van der Waals surface area (Å²) < 4.78 is 38.5. The molecule has 0 saturated heterocycles. The number of nitrogens with zero attached hydrogens (tertiary/aromatic N) is 1. The Morgan fingerprint density at radius 1 is 1.11 bits per heavy atom. The second kappa shape index (κ2) is 8.30. The van der Waals surface area contributed by atoms with Crippen molar-refractivity contribution in [1.29, 1.82) is 0 Å². The summed E-state index contributed by atoms with van der Waals surface area (Å²) in [5, 5.41) is 5.67. The number of ether oxygens (including phenoxy) is 2. The lowest BCUT2D eigenvalue weighted by molar-refractivity contribution is -0.119. The van der Waals surface area contributed by atoms with Crippen LogP contribution in [0.2, 0.25) is 0 Å². The molecule has 2 aromatic rings. The third-order valence-corrected chi connectivity index (χ3v) is 5.56.